The molecule has 0 saturated heterocycles. The number of nitrogens with one attached hydrogen (secondary N) is 1. The SMILES string of the molecule is CCNc1nc(C2CC2(C)C)nc(-c2ccccc2)c1Br. The summed E-state index contributed by atoms with van der Waals surface area (Å²) in [6, 6.07) is 10.3. The first-order valence-electron chi connectivity index (χ1n) is 7.39. The van der Waals surface area contributed by atoms with Crippen molar-refractivity contribution >= 4 is 21.7 Å². The van der Waals surface area contributed by atoms with Gasteiger partial charge in [-0.05, 0) is 34.7 Å². The molecule has 0 spiro atoms. The van der Waals surface area contributed by atoms with E-state index in [9.17, 15) is 0 Å². The molecule has 0 radical (unpaired) electrons. The number of halogens is 1. The van der Waals surface area contributed by atoms with E-state index in [4.69, 9.17) is 9.97 Å². The third-order valence-electron chi connectivity index (χ3n) is 4.09. The predicted octanol–water partition coefficient (Wildman–Crippen LogP) is 4.85. The molecule has 0 aliphatic heterocycles. The van der Waals surface area contributed by atoms with E-state index < -0.39 is 0 Å². The lowest BCUT2D eigenvalue weighted by Crippen LogP contribution is -2.07. The van der Waals surface area contributed by atoms with Gasteiger partial charge >= 0.3 is 0 Å². The van der Waals surface area contributed by atoms with Crippen LogP contribution in [0.3, 0.4) is 0 Å². The maximum Gasteiger partial charge on any atom is 0.144 e. The summed E-state index contributed by atoms with van der Waals surface area (Å²) >= 11 is 3.66. The summed E-state index contributed by atoms with van der Waals surface area (Å²) in [4.78, 5) is 9.58. The molecule has 2 aromatic rings. The number of hydrogen-bond donors (Lipinski definition) is 1. The normalized spacial score (nSPS) is 19.3. The molecule has 4 heteroatoms. The number of nitrogens with zero attached hydrogens (tertiary/aromatic N) is 2. The number of hydrogen-bond acceptors (Lipinski definition) is 3. The second-order valence-electron chi connectivity index (χ2n) is 6.23. The van der Waals surface area contributed by atoms with Gasteiger partial charge in [0, 0.05) is 18.0 Å². The zero-order valence-electron chi connectivity index (χ0n) is 12.7. The summed E-state index contributed by atoms with van der Waals surface area (Å²) in [6.45, 7) is 7.48. The lowest BCUT2D eigenvalue weighted by Gasteiger charge is -2.13. The summed E-state index contributed by atoms with van der Waals surface area (Å²) in [5.74, 6) is 2.31. The smallest absolute Gasteiger partial charge is 0.144 e. The molecule has 1 atom stereocenters. The molecule has 0 amide bonds. The molecule has 1 fully saturated rings. The number of anilines is 1. The van der Waals surface area contributed by atoms with Crippen LogP contribution in [0.25, 0.3) is 11.3 Å². The molecule has 1 heterocycles. The van der Waals surface area contributed by atoms with E-state index in [0.29, 0.717) is 11.3 Å². The van der Waals surface area contributed by atoms with Crippen molar-refractivity contribution in [3.05, 3.63) is 40.6 Å². The molecule has 1 N–H and O–H groups in total. The van der Waals surface area contributed by atoms with E-state index in [1.165, 1.54) is 0 Å². The van der Waals surface area contributed by atoms with Crippen LogP contribution < -0.4 is 5.32 Å². The van der Waals surface area contributed by atoms with Crippen molar-refractivity contribution in [1.82, 2.24) is 9.97 Å². The fourth-order valence-electron chi connectivity index (χ4n) is 2.60. The van der Waals surface area contributed by atoms with Gasteiger partial charge in [0.2, 0.25) is 0 Å². The molecule has 1 aliphatic carbocycles. The highest BCUT2D eigenvalue weighted by atomic mass is 79.9. The van der Waals surface area contributed by atoms with E-state index in [1.807, 2.05) is 18.2 Å². The molecule has 1 aliphatic rings. The monoisotopic (exact) mass is 345 g/mol. The summed E-state index contributed by atoms with van der Waals surface area (Å²) in [7, 11) is 0. The lowest BCUT2D eigenvalue weighted by atomic mass is 10.1. The van der Waals surface area contributed by atoms with Gasteiger partial charge in [-0.25, -0.2) is 9.97 Å². The molecule has 0 bridgehead atoms. The van der Waals surface area contributed by atoms with E-state index >= 15 is 0 Å². The first-order valence-corrected chi connectivity index (χ1v) is 8.19. The van der Waals surface area contributed by atoms with Gasteiger partial charge in [-0.1, -0.05) is 44.2 Å². The van der Waals surface area contributed by atoms with Gasteiger partial charge < -0.3 is 5.32 Å². The van der Waals surface area contributed by atoms with E-state index in [0.717, 1.165) is 40.3 Å². The van der Waals surface area contributed by atoms with E-state index in [2.05, 4.69) is 54.2 Å². The van der Waals surface area contributed by atoms with Crippen molar-refractivity contribution in [3.8, 4) is 11.3 Å². The summed E-state index contributed by atoms with van der Waals surface area (Å²) in [5, 5.41) is 3.34. The maximum absolute atomic E-state index is 4.85. The van der Waals surface area contributed by atoms with Crippen LogP contribution in [0.5, 0.6) is 0 Å². The van der Waals surface area contributed by atoms with Gasteiger partial charge in [0.25, 0.3) is 0 Å². The Hall–Kier alpha value is -1.42. The summed E-state index contributed by atoms with van der Waals surface area (Å²) in [5.41, 5.74) is 2.41. The molecule has 1 unspecified atom stereocenters. The molecular formula is C17H20BrN3. The third-order valence-corrected chi connectivity index (χ3v) is 4.84. The van der Waals surface area contributed by atoms with Crippen LogP contribution in [-0.2, 0) is 0 Å². The molecule has 1 aromatic heterocycles. The standard InChI is InChI=1S/C17H20BrN3/c1-4-19-16-13(18)14(11-8-6-5-7-9-11)20-15(21-16)12-10-17(12,2)3/h5-9,12H,4,10H2,1-3H3,(H,19,20,21). The van der Waals surface area contributed by atoms with Gasteiger partial charge in [0.05, 0.1) is 10.2 Å². The second-order valence-corrected chi connectivity index (χ2v) is 7.03. The van der Waals surface area contributed by atoms with E-state index in [-0.39, 0.29) is 0 Å². The van der Waals surface area contributed by atoms with Crippen LogP contribution in [-0.4, -0.2) is 16.5 Å². The Morgan fingerprint density at radius 1 is 1.24 bits per heavy atom. The molecule has 21 heavy (non-hydrogen) atoms. The Morgan fingerprint density at radius 2 is 1.90 bits per heavy atom. The highest BCUT2D eigenvalue weighted by molar-refractivity contribution is 9.10. The maximum atomic E-state index is 4.85. The van der Waals surface area contributed by atoms with Gasteiger partial charge in [0.15, 0.2) is 0 Å². The van der Waals surface area contributed by atoms with Crippen molar-refractivity contribution < 1.29 is 0 Å². The Bertz CT molecular complexity index is 653. The Labute approximate surface area is 134 Å². The average molecular weight is 346 g/mol. The Morgan fingerprint density at radius 3 is 2.48 bits per heavy atom. The largest absolute Gasteiger partial charge is 0.369 e. The van der Waals surface area contributed by atoms with Crippen molar-refractivity contribution in [2.75, 3.05) is 11.9 Å². The zero-order valence-corrected chi connectivity index (χ0v) is 14.2. The molecule has 3 nitrogen and oxygen atoms in total. The fraction of sp³-hybridized carbons (Fsp3) is 0.412. The first kappa shape index (κ1) is 14.5. The molecule has 3 rings (SSSR count). The molecule has 110 valence electrons. The fourth-order valence-corrected chi connectivity index (χ4v) is 3.15. The second kappa shape index (κ2) is 5.41. The quantitative estimate of drug-likeness (QED) is 0.860. The van der Waals surface area contributed by atoms with Gasteiger partial charge in [-0.2, -0.15) is 0 Å². The van der Waals surface area contributed by atoms with E-state index in [1.54, 1.807) is 0 Å². The highest BCUT2D eigenvalue weighted by Gasteiger charge is 2.49. The predicted molar refractivity (Wildman–Crippen MR) is 90.5 cm³/mol. The lowest BCUT2D eigenvalue weighted by molar-refractivity contribution is 0.608. The Balaban J connectivity index is 2.10. The third kappa shape index (κ3) is 2.82. The van der Waals surface area contributed by atoms with Crippen LogP contribution in [0.4, 0.5) is 5.82 Å². The van der Waals surface area contributed by atoms with Gasteiger partial charge in [-0.15, -0.1) is 0 Å². The van der Waals surface area contributed by atoms with Crippen LogP contribution >= 0.6 is 15.9 Å². The highest BCUT2D eigenvalue weighted by Crippen LogP contribution is 2.58. The van der Waals surface area contributed by atoms with Crippen molar-refractivity contribution in [2.45, 2.75) is 33.1 Å². The van der Waals surface area contributed by atoms with Gasteiger partial charge in [0.1, 0.15) is 11.6 Å². The van der Waals surface area contributed by atoms with Gasteiger partial charge in [-0.3, -0.25) is 0 Å². The summed E-state index contributed by atoms with van der Waals surface area (Å²) < 4.78 is 0.942. The zero-order chi connectivity index (χ0) is 15.0. The van der Waals surface area contributed by atoms with Crippen LogP contribution in [0, 0.1) is 5.41 Å². The number of benzene rings is 1. The minimum Gasteiger partial charge on any atom is -0.369 e. The topological polar surface area (TPSA) is 37.8 Å². The van der Waals surface area contributed by atoms with Crippen molar-refractivity contribution in [1.29, 1.82) is 0 Å². The molecule has 1 saturated carbocycles. The Kier molecular flexibility index (Phi) is 3.74. The minimum atomic E-state index is 0.325. The minimum absolute atomic E-state index is 0.325. The molecular weight excluding hydrogens is 326 g/mol. The van der Waals surface area contributed by atoms with Crippen LogP contribution in [0.2, 0.25) is 0 Å². The van der Waals surface area contributed by atoms with Crippen LogP contribution in [0.15, 0.2) is 34.8 Å². The average Bonchev–Trinajstić information content (AvgIpc) is 3.11. The van der Waals surface area contributed by atoms with Crippen molar-refractivity contribution in [2.24, 2.45) is 5.41 Å². The van der Waals surface area contributed by atoms with Crippen LogP contribution in [0.1, 0.15) is 38.9 Å². The molecule has 1 aromatic carbocycles. The summed E-state index contributed by atoms with van der Waals surface area (Å²) in [6.07, 6.45) is 1.16. The number of aromatic nitrogens is 2. The van der Waals surface area contributed by atoms with Crippen molar-refractivity contribution in [3.63, 3.8) is 0 Å². The first-order chi connectivity index (χ1) is 10.0. The number of rotatable bonds is 4.